The van der Waals surface area contributed by atoms with E-state index in [1.807, 2.05) is 0 Å². The molecule has 0 saturated heterocycles. The topological polar surface area (TPSA) is 20.3 Å². The second-order valence-electron chi connectivity index (χ2n) is 4.71. The van der Waals surface area contributed by atoms with E-state index in [0.29, 0.717) is 9.46 Å². The van der Waals surface area contributed by atoms with Crippen LogP contribution in [0.4, 0.5) is 10.1 Å². The van der Waals surface area contributed by atoms with Crippen LogP contribution in [-0.4, -0.2) is 10.9 Å². The second-order valence-corrected chi connectivity index (χ2v) is 6.01. The molecule has 1 heterocycles. The van der Waals surface area contributed by atoms with E-state index in [2.05, 4.69) is 15.9 Å². The zero-order chi connectivity index (χ0) is 13.6. The van der Waals surface area contributed by atoms with Crippen molar-refractivity contribution in [3.8, 4) is 0 Å². The molecule has 0 unspecified atom stereocenters. The Bertz CT molecular complexity index is 598. The third-order valence-electron chi connectivity index (χ3n) is 3.54. The van der Waals surface area contributed by atoms with Gasteiger partial charge in [0, 0.05) is 10.0 Å². The predicted octanol–water partition coefficient (Wildman–Crippen LogP) is 4.13. The summed E-state index contributed by atoms with van der Waals surface area (Å²) in [5, 5.41) is 0. The molecule has 3 rings (SSSR count). The lowest BCUT2D eigenvalue weighted by Crippen LogP contribution is -2.31. The Hall–Kier alpha value is -1.07. The Balaban J connectivity index is 2.04. The number of nitrogens with zero attached hydrogens (tertiary/aromatic N) is 1. The maximum atomic E-state index is 14.0. The summed E-state index contributed by atoms with van der Waals surface area (Å²) in [6.45, 7) is 0. The van der Waals surface area contributed by atoms with E-state index in [4.69, 9.17) is 12.2 Å². The minimum absolute atomic E-state index is 0.152. The minimum atomic E-state index is -0.440. The molecule has 2 aliphatic rings. The van der Waals surface area contributed by atoms with Crippen molar-refractivity contribution < 1.29 is 9.18 Å². The van der Waals surface area contributed by atoms with Crippen LogP contribution < -0.4 is 4.90 Å². The smallest absolute Gasteiger partial charge is 0.259 e. The van der Waals surface area contributed by atoms with E-state index < -0.39 is 5.82 Å². The summed E-state index contributed by atoms with van der Waals surface area (Å²) in [6.07, 6.45) is 3.63. The number of benzene rings is 1. The third-order valence-corrected chi connectivity index (χ3v) is 4.46. The van der Waals surface area contributed by atoms with E-state index in [1.165, 1.54) is 11.0 Å². The molecule has 0 aromatic heterocycles. The molecule has 2 nitrogen and oxygen atoms in total. The van der Waals surface area contributed by atoms with Gasteiger partial charge in [-0.1, -0.05) is 28.1 Å². The average Bonchev–Trinajstić information content (AvgIpc) is 2.64. The van der Waals surface area contributed by atoms with Crippen LogP contribution in [0.3, 0.4) is 0 Å². The molecule has 19 heavy (non-hydrogen) atoms. The molecule has 1 aliphatic carbocycles. The summed E-state index contributed by atoms with van der Waals surface area (Å²) in [5.74, 6) is -0.592. The number of carbonyl (C=O) groups is 1. The van der Waals surface area contributed by atoms with Gasteiger partial charge in [-0.3, -0.25) is 9.69 Å². The molecule has 0 spiro atoms. The van der Waals surface area contributed by atoms with E-state index in [1.54, 1.807) is 12.1 Å². The van der Waals surface area contributed by atoms with Gasteiger partial charge in [0.2, 0.25) is 0 Å². The molecule has 1 aliphatic heterocycles. The number of amides is 1. The lowest BCUT2D eigenvalue weighted by molar-refractivity contribution is -0.114. The lowest BCUT2D eigenvalue weighted by Gasteiger charge is -2.18. The fourth-order valence-corrected chi connectivity index (χ4v) is 3.36. The normalized spacial score (nSPS) is 19.2. The van der Waals surface area contributed by atoms with Gasteiger partial charge in [0.25, 0.3) is 5.91 Å². The fraction of sp³-hybridized carbons (Fsp3) is 0.286. The summed E-state index contributed by atoms with van der Waals surface area (Å²) in [7, 11) is 0. The fourth-order valence-electron chi connectivity index (χ4n) is 2.62. The van der Waals surface area contributed by atoms with E-state index >= 15 is 0 Å². The Morgan fingerprint density at radius 3 is 2.53 bits per heavy atom. The first-order valence-electron chi connectivity index (χ1n) is 6.15. The maximum Gasteiger partial charge on any atom is 0.259 e. The van der Waals surface area contributed by atoms with Gasteiger partial charge in [-0.15, -0.1) is 0 Å². The molecule has 1 amide bonds. The highest BCUT2D eigenvalue weighted by Gasteiger charge is 2.37. The van der Waals surface area contributed by atoms with Gasteiger partial charge in [0.15, 0.2) is 0 Å². The van der Waals surface area contributed by atoms with Crippen molar-refractivity contribution in [2.75, 3.05) is 4.90 Å². The van der Waals surface area contributed by atoms with E-state index in [-0.39, 0.29) is 11.6 Å². The molecule has 0 fully saturated rings. The van der Waals surface area contributed by atoms with Gasteiger partial charge in [-0.25, -0.2) is 4.39 Å². The summed E-state index contributed by atoms with van der Waals surface area (Å²) in [4.78, 5) is 14.2. The molecule has 0 atom stereocenters. The second kappa shape index (κ2) is 4.80. The Labute approximate surface area is 124 Å². The number of halogens is 2. The molecule has 0 radical (unpaired) electrons. The molecule has 5 heteroatoms. The highest BCUT2D eigenvalue weighted by atomic mass is 79.9. The van der Waals surface area contributed by atoms with Crippen LogP contribution in [0.2, 0.25) is 0 Å². The first-order chi connectivity index (χ1) is 9.09. The highest BCUT2D eigenvalue weighted by Crippen LogP contribution is 2.37. The Morgan fingerprint density at radius 2 is 1.89 bits per heavy atom. The van der Waals surface area contributed by atoms with Crippen molar-refractivity contribution in [2.24, 2.45) is 0 Å². The van der Waals surface area contributed by atoms with E-state index in [0.717, 1.165) is 36.8 Å². The number of thiocarbonyl (C=S) groups is 1. The van der Waals surface area contributed by atoms with Crippen molar-refractivity contribution in [2.45, 2.75) is 25.7 Å². The Morgan fingerprint density at radius 1 is 1.21 bits per heavy atom. The third kappa shape index (κ3) is 2.05. The van der Waals surface area contributed by atoms with Crippen molar-refractivity contribution in [1.82, 2.24) is 0 Å². The molecule has 98 valence electrons. The van der Waals surface area contributed by atoms with Crippen molar-refractivity contribution in [3.05, 3.63) is 39.6 Å². The number of rotatable bonds is 1. The largest absolute Gasteiger partial charge is 0.269 e. The van der Waals surface area contributed by atoms with Crippen LogP contribution >= 0.6 is 28.1 Å². The molecular formula is C14H11BrFNOS. The molecule has 0 bridgehead atoms. The maximum absolute atomic E-state index is 14.0. The zero-order valence-electron chi connectivity index (χ0n) is 10.1. The van der Waals surface area contributed by atoms with Crippen molar-refractivity contribution in [1.29, 1.82) is 0 Å². The van der Waals surface area contributed by atoms with Gasteiger partial charge < -0.3 is 0 Å². The van der Waals surface area contributed by atoms with Crippen LogP contribution in [-0.2, 0) is 4.79 Å². The van der Waals surface area contributed by atoms with Crippen molar-refractivity contribution in [3.63, 3.8) is 0 Å². The Kier molecular flexibility index (Phi) is 3.27. The molecule has 0 N–H and O–H groups in total. The average molecular weight is 340 g/mol. The molecular weight excluding hydrogens is 329 g/mol. The van der Waals surface area contributed by atoms with Gasteiger partial charge in [-0.2, -0.15) is 0 Å². The van der Waals surface area contributed by atoms with Gasteiger partial charge >= 0.3 is 0 Å². The standard InChI is InChI=1S/C14H11BrFNOS/c15-8-5-6-12(11(16)7-8)17-13(18)9-3-1-2-4-10(9)14(17)19/h5-7H,1-4H2. The van der Waals surface area contributed by atoms with Crippen LogP contribution in [0.15, 0.2) is 33.8 Å². The molecule has 0 saturated carbocycles. The SMILES string of the molecule is O=C1C2=C(CCCC2)C(=S)N1c1ccc(Br)cc1F. The first kappa shape index (κ1) is 12.9. The molecule has 1 aromatic carbocycles. The lowest BCUT2D eigenvalue weighted by atomic mass is 9.94. The number of hydrogen-bond donors (Lipinski definition) is 0. The predicted molar refractivity (Wildman–Crippen MR) is 79.7 cm³/mol. The van der Waals surface area contributed by atoms with Crippen molar-refractivity contribution >= 4 is 44.7 Å². The first-order valence-corrected chi connectivity index (χ1v) is 7.35. The zero-order valence-corrected chi connectivity index (χ0v) is 12.5. The summed E-state index contributed by atoms with van der Waals surface area (Å²) < 4.78 is 14.7. The minimum Gasteiger partial charge on any atom is -0.269 e. The van der Waals surface area contributed by atoms with Crippen LogP contribution in [0.1, 0.15) is 25.7 Å². The molecule has 1 aromatic rings. The summed E-state index contributed by atoms with van der Waals surface area (Å²) >= 11 is 8.57. The van der Waals surface area contributed by atoms with E-state index in [9.17, 15) is 9.18 Å². The highest BCUT2D eigenvalue weighted by molar-refractivity contribution is 9.10. The van der Waals surface area contributed by atoms with Crippen LogP contribution in [0.25, 0.3) is 0 Å². The van der Waals surface area contributed by atoms with Gasteiger partial charge in [0.1, 0.15) is 10.8 Å². The van der Waals surface area contributed by atoms with Gasteiger partial charge in [0.05, 0.1) is 5.69 Å². The summed E-state index contributed by atoms with van der Waals surface area (Å²) in [5.41, 5.74) is 1.96. The van der Waals surface area contributed by atoms with Crippen LogP contribution in [0, 0.1) is 5.82 Å². The quantitative estimate of drug-likeness (QED) is 0.717. The number of anilines is 1. The number of hydrogen-bond acceptors (Lipinski definition) is 2. The van der Waals surface area contributed by atoms with Gasteiger partial charge in [-0.05, 0) is 49.5 Å². The van der Waals surface area contributed by atoms with Crippen LogP contribution in [0.5, 0.6) is 0 Å². The number of carbonyl (C=O) groups excluding carboxylic acids is 1. The monoisotopic (exact) mass is 339 g/mol. The summed E-state index contributed by atoms with van der Waals surface area (Å²) in [6, 6.07) is 4.65.